The first-order chi connectivity index (χ1) is 18.9. The third kappa shape index (κ3) is 4.69. The van der Waals surface area contributed by atoms with Gasteiger partial charge in [-0.3, -0.25) is 4.98 Å². The zero-order valence-electron chi connectivity index (χ0n) is 22.4. The van der Waals surface area contributed by atoms with E-state index in [0.29, 0.717) is 5.11 Å². The smallest absolute Gasteiger partial charge is 0.174 e. The van der Waals surface area contributed by atoms with Gasteiger partial charge >= 0.3 is 0 Å². The van der Waals surface area contributed by atoms with Crippen LogP contribution in [-0.2, 0) is 4.74 Å². The highest BCUT2D eigenvalue weighted by molar-refractivity contribution is 7.80. The number of hydrogen-bond donors (Lipinski definition) is 1. The Balaban J connectivity index is 1.47. The Labute approximate surface area is 240 Å². The largest absolute Gasteiger partial charge is 0.378 e. The summed E-state index contributed by atoms with van der Waals surface area (Å²) in [4.78, 5) is 9.37. The van der Waals surface area contributed by atoms with Crippen LogP contribution in [0.15, 0.2) is 72.9 Å². The third-order valence-electron chi connectivity index (χ3n) is 7.97. The molecule has 8 heteroatoms. The lowest BCUT2D eigenvalue weighted by atomic mass is 9.93. The van der Waals surface area contributed by atoms with E-state index in [1.807, 2.05) is 36.5 Å². The molecule has 1 N–H and O–H groups in total. The number of hydrogen-bond acceptors (Lipinski definition) is 4. The van der Waals surface area contributed by atoms with Crippen LogP contribution < -0.4 is 15.1 Å². The van der Waals surface area contributed by atoms with Crippen molar-refractivity contribution in [3.05, 3.63) is 106 Å². The monoisotopic (exact) mass is 557 g/mol. The van der Waals surface area contributed by atoms with Crippen LogP contribution in [0.1, 0.15) is 40.3 Å². The summed E-state index contributed by atoms with van der Waals surface area (Å²) in [6.45, 7) is 9.89. The fraction of sp³-hybridized carbons (Fsp3) is 0.290. The van der Waals surface area contributed by atoms with Crippen molar-refractivity contribution in [1.29, 1.82) is 0 Å². The van der Waals surface area contributed by atoms with Gasteiger partial charge in [0.2, 0.25) is 0 Å². The van der Waals surface area contributed by atoms with Gasteiger partial charge in [0.05, 0.1) is 31.0 Å². The number of nitrogens with one attached hydrogen (secondary N) is 1. The molecule has 6 nitrogen and oxygen atoms in total. The Kier molecular flexibility index (Phi) is 7.06. The van der Waals surface area contributed by atoms with E-state index in [0.717, 1.165) is 48.4 Å². The van der Waals surface area contributed by atoms with Crippen molar-refractivity contribution < 1.29 is 4.74 Å². The summed E-state index contributed by atoms with van der Waals surface area (Å²) in [5, 5.41) is 5.03. The normalized spacial score (nSPS) is 19.4. The van der Waals surface area contributed by atoms with Gasteiger partial charge in [0, 0.05) is 58.3 Å². The highest BCUT2D eigenvalue weighted by Gasteiger charge is 2.43. The van der Waals surface area contributed by atoms with Gasteiger partial charge in [-0.1, -0.05) is 23.7 Å². The molecule has 2 atom stereocenters. The standard InChI is InChI=1S/C31H32ClN5OS/c1-20-21(2)36(26-8-6-7-23(32)19-26)22(3)28(20)30-29(27-9-4-5-14-33-27)34-31(39)37(30)25-12-10-24(11-13-25)35-15-17-38-18-16-35/h4-14,19,29-30H,15-18H2,1-3H3,(H,34,39)/t29-,30-/m0/s1. The molecule has 200 valence electrons. The van der Waals surface area contributed by atoms with Gasteiger partial charge in [0.1, 0.15) is 0 Å². The molecule has 4 aromatic rings. The maximum atomic E-state index is 6.40. The van der Waals surface area contributed by atoms with Crippen molar-refractivity contribution in [3.63, 3.8) is 0 Å². The van der Waals surface area contributed by atoms with Crippen molar-refractivity contribution in [2.45, 2.75) is 32.9 Å². The van der Waals surface area contributed by atoms with Crippen molar-refractivity contribution in [3.8, 4) is 5.69 Å². The summed E-state index contributed by atoms with van der Waals surface area (Å²) < 4.78 is 7.84. The average molecular weight is 558 g/mol. The van der Waals surface area contributed by atoms with E-state index >= 15 is 0 Å². The molecular formula is C31H32ClN5OS. The number of pyridine rings is 1. The molecule has 2 aromatic heterocycles. The van der Waals surface area contributed by atoms with Crippen LogP contribution >= 0.6 is 23.8 Å². The van der Waals surface area contributed by atoms with Crippen molar-refractivity contribution in [2.75, 3.05) is 36.1 Å². The Bertz CT molecular complexity index is 1500. The molecule has 39 heavy (non-hydrogen) atoms. The van der Waals surface area contributed by atoms with Gasteiger partial charge in [-0.15, -0.1) is 0 Å². The molecule has 6 rings (SSSR count). The van der Waals surface area contributed by atoms with E-state index in [4.69, 9.17) is 33.5 Å². The highest BCUT2D eigenvalue weighted by atomic mass is 35.5. The van der Waals surface area contributed by atoms with Gasteiger partial charge in [-0.05, 0) is 93.1 Å². The fourth-order valence-corrected chi connectivity index (χ4v) is 6.55. The molecule has 0 aliphatic carbocycles. The van der Waals surface area contributed by atoms with Gasteiger partial charge in [-0.25, -0.2) is 0 Å². The second-order valence-corrected chi connectivity index (χ2v) is 11.0. The minimum atomic E-state index is -0.107. The van der Waals surface area contributed by atoms with E-state index < -0.39 is 0 Å². The maximum Gasteiger partial charge on any atom is 0.174 e. The third-order valence-corrected chi connectivity index (χ3v) is 8.52. The van der Waals surface area contributed by atoms with Crippen LogP contribution in [0, 0.1) is 20.8 Å². The number of halogens is 1. The minimum absolute atomic E-state index is 0.0826. The summed E-state index contributed by atoms with van der Waals surface area (Å²) in [6, 6.07) is 22.6. The molecule has 0 bridgehead atoms. The SMILES string of the molecule is Cc1c([C@H]2[C@H](c3ccccn3)NC(=S)N2c2ccc(N3CCOCC3)cc2)c(C)n(-c2cccc(Cl)c2)c1C. The van der Waals surface area contributed by atoms with Crippen LogP contribution in [0.5, 0.6) is 0 Å². The van der Waals surface area contributed by atoms with E-state index in [9.17, 15) is 0 Å². The molecule has 2 saturated heterocycles. The van der Waals surface area contributed by atoms with Gasteiger partial charge in [0.25, 0.3) is 0 Å². The van der Waals surface area contributed by atoms with E-state index in [1.165, 1.54) is 28.2 Å². The van der Waals surface area contributed by atoms with Crippen LogP contribution in [0.3, 0.4) is 0 Å². The van der Waals surface area contributed by atoms with E-state index in [1.54, 1.807) is 0 Å². The quantitative estimate of drug-likeness (QED) is 0.284. The molecule has 0 unspecified atom stereocenters. The second kappa shape index (κ2) is 10.6. The molecule has 0 saturated carbocycles. The lowest BCUT2D eigenvalue weighted by Gasteiger charge is -2.31. The number of thiocarbonyl (C=S) groups is 1. The molecule has 2 aromatic carbocycles. The number of aromatic nitrogens is 2. The Morgan fingerprint density at radius 1 is 0.897 bits per heavy atom. The molecule has 2 aliphatic rings. The number of benzene rings is 2. The number of morpholine rings is 1. The van der Waals surface area contributed by atoms with Gasteiger partial charge < -0.3 is 24.4 Å². The highest BCUT2D eigenvalue weighted by Crippen LogP contribution is 2.45. The minimum Gasteiger partial charge on any atom is -0.378 e. The molecule has 2 fully saturated rings. The lowest BCUT2D eigenvalue weighted by molar-refractivity contribution is 0.122. The predicted octanol–water partition coefficient (Wildman–Crippen LogP) is 6.46. The average Bonchev–Trinajstić information content (AvgIpc) is 3.41. The summed E-state index contributed by atoms with van der Waals surface area (Å²) in [7, 11) is 0. The maximum absolute atomic E-state index is 6.40. The van der Waals surface area contributed by atoms with Crippen molar-refractivity contribution >= 4 is 40.3 Å². The fourth-order valence-electron chi connectivity index (χ4n) is 6.02. The van der Waals surface area contributed by atoms with Gasteiger partial charge in [-0.2, -0.15) is 0 Å². The second-order valence-electron chi connectivity index (χ2n) is 10.1. The molecule has 0 radical (unpaired) electrons. The summed E-state index contributed by atoms with van der Waals surface area (Å²) in [5.41, 5.74) is 9.10. The molecule has 0 amide bonds. The zero-order valence-corrected chi connectivity index (χ0v) is 24.0. The Hall–Kier alpha value is -3.39. The lowest BCUT2D eigenvalue weighted by Crippen LogP contribution is -2.36. The van der Waals surface area contributed by atoms with E-state index in [-0.39, 0.29) is 12.1 Å². The first kappa shape index (κ1) is 25.9. The van der Waals surface area contributed by atoms with Gasteiger partial charge in [0.15, 0.2) is 5.11 Å². The summed E-state index contributed by atoms with van der Waals surface area (Å²) in [5.74, 6) is 0. The first-order valence-electron chi connectivity index (χ1n) is 13.3. The van der Waals surface area contributed by atoms with Crippen molar-refractivity contribution in [1.82, 2.24) is 14.9 Å². The topological polar surface area (TPSA) is 45.6 Å². The molecule has 0 spiro atoms. The molecular weight excluding hydrogens is 526 g/mol. The number of ether oxygens (including phenoxy) is 1. The van der Waals surface area contributed by atoms with Crippen LogP contribution in [-0.4, -0.2) is 41.0 Å². The van der Waals surface area contributed by atoms with Crippen LogP contribution in [0.4, 0.5) is 11.4 Å². The van der Waals surface area contributed by atoms with Crippen LogP contribution in [0.25, 0.3) is 5.69 Å². The summed E-state index contributed by atoms with van der Waals surface area (Å²) in [6.07, 6.45) is 1.85. The summed E-state index contributed by atoms with van der Waals surface area (Å²) >= 11 is 12.4. The number of nitrogens with zero attached hydrogens (tertiary/aromatic N) is 4. The molecule has 2 aliphatic heterocycles. The number of rotatable bonds is 5. The first-order valence-corrected chi connectivity index (χ1v) is 14.1. The predicted molar refractivity (Wildman–Crippen MR) is 162 cm³/mol. The zero-order chi connectivity index (χ0) is 27.1. The van der Waals surface area contributed by atoms with E-state index in [2.05, 4.69) is 76.9 Å². The Morgan fingerprint density at radius 3 is 2.33 bits per heavy atom. The Morgan fingerprint density at radius 2 is 1.64 bits per heavy atom. The van der Waals surface area contributed by atoms with Crippen LogP contribution in [0.2, 0.25) is 5.02 Å². The number of anilines is 2. The van der Waals surface area contributed by atoms with Crippen molar-refractivity contribution in [2.24, 2.45) is 0 Å². The molecule has 4 heterocycles.